The van der Waals surface area contributed by atoms with Crippen molar-refractivity contribution >= 4 is 35.5 Å². The molecule has 1 aromatic rings. The number of esters is 1. The number of amides is 5. The number of carbonyl (C=O) groups excluding carboxylic acids is 6. The Balaban J connectivity index is 2.26. The average molecular weight is 670 g/mol. The van der Waals surface area contributed by atoms with Crippen LogP contribution < -0.4 is 21.3 Å². The fraction of sp³-hybridized carbons (Fsp3) is 0.611. The molecule has 5 atom stereocenters. The summed E-state index contributed by atoms with van der Waals surface area (Å²) in [6.45, 7) is 18.8. The number of ketones is 1. The van der Waals surface area contributed by atoms with Crippen LogP contribution >= 0.6 is 0 Å². The van der Waals surface area contributed by atoms with Crippen LogP contribution in [0.4, 0.5) is 4.79 Å². The van der Waals surface area contributed by atoms with Gasteiger partial charge in [-0.2, -0.15) is 0 Å². The summed E-state index contributed by atoms with van der Waals surface area (Å²) in [5.41, 5.74) is 0.0256. The van der Waals surface area contributed by atoms with Gasteiger partial charge in [0.15, 0.2) is 0 Å². The average Bonchev–Trinajstić information content (AvgIpc) is 3.49. The van der Waals surface area contributed by atoms with Crippen LogP contribution in [0.3, 0.4) is 0 Å². The monoisotopic (exact) mass is 669 g/mol. The van der Waals surface area contributed by atoms with Gasteiger partial charge in [0.05, 0.1) is 6.04 Å². The fourth-order valence-electron chi connectivity index (χ4n) is 5.52. The molecule has 2 rings (SSSR count). The maximum atomic E-state index is 14.3. The minimum Gasteiger partial charge on any atom is -0.459 e. The predicted molar refractivity (Wildman–Crippen MR) is 183 cm³/mol. The largest absolute Gasteiger partial charge is 0.459 e. The molecule has 5 amide bonds. The molecule has 1 aliphatic rings. The minimum atomic E-state index is -1.07. The number of likely N-dealkylation sites (tertiary alicyclic amines) is 1. The summed E-state index contributed by atoms with van der Waals surface area (Å²) < 4.78 is 5.47. The molecule has 0 aliphatic carbocycles. The Kier molecular flexibility index (Phi) is 15.3. The van der Waals surface area contributed by atoms with E-state index in [9.17, 15) is 28.8 Å². The Morgan fingerprint density at radius 3 is 2.19 bits per heavy atom. The summed E-state index contributed by atoms with van der Waals surface area (Å²) >= 11 is 0. The Morgan fingerprint density at radius 2 is 1.65 bits per heavy atom. The number of urea groups is 1. The Hall–Kier alpha value is -4.22. The summed E-state index contributed by atoms with van der Waals surface area (Å²) in [6, 6.07) is 4.45. The van der Waals surface area contributed by atoms with E-state index in [-0.39, 0.29) is 43.9 Å². The Morgan fingerprint density at radius 1 is 1.00 bits per heavy atom. The van der Waals surface area contributed by atoms with Crippen molar-refractivity contribution < 1.29 is 33.5 Å². The quantitative estimate of drug-likeness (QED) is 0.119. The molecular formula is C36H55N5O7. The molecule has 1 fully saturated rings. The van der Waals surface area contributed by atoms with Crippen LogP contribution in [0, 0.1) is 23.2 Å². The van der Waals surface area contributed by atoms with E-state index in [1.165, 1.54) is 11.0 Å². The minimum absolute atomic E-state index is 0.0138. The molecule has 0 bridgehead atoms. The highest BCUT2D eigenvalue weighted by atomic mass is 16.5. The third kappa shape index (κ3) is 11.5. The predicted octanol–water partition coefficient (Wildman–Crippen LogP) is 3.50. The van der Waals surface area contributed by atoms with E-state index in [1.54, 1.807) is 34.6 Å². The number of hydrogen-bond donors (Lipinski definition) is 4. The molecule has 0 aromatic heterocycles. The second-order valence-electron chi connectivity index (χ2n) is 14.2. The highest BCUT2D eigenvalue weighted by molar-refractivity contribution is 6.38. The zero-order chi connectivity index (χ0) is 36.2. The lowest BCUT2D eigenvalue weighted by Gasteiger charge is -2.36. The number of nitrogens with zero attached hydrogens (tertiary/aromatic N) is 1. The Labute approximate surface area is 285 Å². The first-order valence-corrected chi connectivity index (χ1v) is 16.8. The van der Waals surface area contributed by atoms with E-state index in [4.69, 9.17) is 4.74 Å². The number of Topliss-reactive ketones (excluding diaryl/α,β-unsaturated/α-hetero) is 1. The van der Waals surface area contributed by atoms with Gasteiger partial charge >= 0.3 is 12.0 Å². The normalized spacial score (nSPS) is 18.0. The first kappa shape index (κ1) is 40.0. The molecule has 0 saturated carbocycles. The van der Waals surface area contributed by atoms with Crippen molar-refractivity contribution in [3.8, 4) is 0 Å². The lowest BCUT2D eigenvalue weighted by atomic mass is 9.85. The molecule has 1 aliphatic heterocycles. The van der Waals surface area contributed by atoms with Gasteiger partial charge in [-0.25, -0.2) is 9.59 Å². The van der Waals surface area contributed by atoms with E-state index in [0.29, 0.717) is 12.8 Å². The van der Waals surface area contributed by atoms with Gasteiger partial charge in [-0.3, -0.25) is 19.2 Å². The van der Waals surface area contributed by atoms with Crippen molar-refractivity contribution in [2.45, 2.75) is 105 Å². The summed E-state index contributed by atoms with van der Waals surface area (Å²) in [5.74, 6) is -3.36. The highest BCUT2D eigenvalue weighted by Crippen LogP contribution is 2.32. The van der Waals surface area contributed by atoms with Crippen molar-refractivity contribution in [1.82, 2.24) is 26.2 Å². The molecular weight excluding hydrogens is 614 g/mol. The number of carbonyl (C=O) groups is 6. The molecule has 266 valence electrons. The van der Waals surface area contributed by atoms with Crippen LogP contribution in [0.1, 0.15) is 80.2 Å². The first-order chi connectivity index (χ1) is 22.5. The fourth-order valence-corrected chi connectivity index (χ4v) is 5.52. The summed E-state index contributed by atoms with van der Waals surface area (Å²) in [6.07, 6.45) is 2.59. The van der Waals surface area contributed by atoms with Crippen molar-refractivity contribution in [3.63, 3.8) is 0 Å². The molecule has 1 unspecified atom stereocenters. The zero-order valence-corrected chi connectivity index (χ0v) is 29.8. The maximum Gasteiger partial charge on any atom is 0.329 e. The molecule has 4 N–H and O–H groups in total. The molecule has 1 aromatic carbocycles. The van der Waals surface area contributed by atoms with Gasteiger partial charge < -0.3 is 30.9 Å². The van der Waals surface area contributed by atoms with Crippen molar-refractivity contribution in [2.24, 2.45) is 23.2 Å². The van der Waals surface area contributed by atoms with Crippen molar-refractivity contribution in [3.05, 3.63) is 48.6 Å². The summed E-state index contributed by atoms with van der Waals surface area (Å²) in [4.78, 5) is 81.1. The summed E-state index contributed by atoms with van der Waals surface area (Å²) in [7, 11) is 0. The van der Waals surface area contributed by atoms with Gasteiger partial charge in [0.1, 0.15) is 24.7 Å². The van der Waals surface area contributed by atoms with Crippen LogP contribution in [0.2, 0.25) is 0 Å². The van der Waals surface area contributed by atoms with Gasteiger partial charge in [0, 0.05) is 13.1 Å². The molecule has 1 saturated heterocycles. The lowest BCUT2D eigenvalue weighted by Crippen LogP contribution is -2.61. The standard InChI is InChI=1S/C36H55N5O7/c1-10-15-26(29(42)32(44)37-18-11-2)38-31(43)27-19-25(22(3)4)20-41(27)33(45)30(36(7,8)9)40-35(47)39-28(23(5)6)34(46)48-21-24-16-13-12-14-17-24/h11-14,16-17,22-23,25-28,30H,2,10,15,18-21H2,1,3-9H3,(H,37,44)(H,38,43)(H2,39,40,47)/t25-,26?,27+,28+,30-/m1/s1. The molecule has 12 heteroatoms. The van der Waals surface area contributed by atoms with Gasteiger partial charge in [-0.1, -0.05) is 98.2 Å². The number of benzene rings is 1. The van der Waals surface area contributed by atoms with E-state index in [0.717, 1.165) is 5.56 Å². The third-order valence-electron chi connectivity index (χ3n) is 8.52. The number of nitrogens with one attached hydrogen (secondary N) is 4. The molecule has 12 nitrogen and oxygen atoms in total. The maximum absolute atomic E-state index is 14.3. The Bertz CT molecular complexity index is 1290. The smallest absolute Gasteiger partial charge is 0.329 e. The third-order valence-corrected chi connectivity index (χ3v) is 8.52. The summed E-state index contributed by atoms with van der Waals surface area (Å²) in [5, 5.41) is 10.6. The van der Waals surface area contributed by atoms with Gasteiger partial charge in [-0.05, 0) is 41.6 Å². The highest BCUT2D eigenvalue weighted by Gasteiger charge is 2.46. The van der Waals surface area contributed by atoms with Crippen LogP contribution in [0.5, 0.6) is 0 Å². The van der Waals surface area contributed by atoms with Crippen LogP contribution in [0.25, 0.3) is 0 Å². The van der Waals surface area contributed by atoms with Crippen LogP contribution in [-0.4, -0.2) is 77.7 Å². The number of rotatable bonds is 16. The number of hydrogen-bond acceptors (Lipinski definition) is 7. The SMILES string of the molecule is C=CCNC(=O)C(=O)C(CCC)NC(=O)[C@@H]1C[C@@H](C(C)C)CN1C(=O)[C@@H](NC(=O)N[C@H](C(=O)OCc1ccccc1)C(C)C)C(C)(C)C. The number of ether oxygens (including phenoxy) is 1. The zero-order valence-electron chi connectivity index (χ0n) is 29.8. The van der Waals surface area contributed by atoms with Crippen LogP contribution in [-0.2, 0) is 35.3 Å². The van der Waals surface area contributed by atoms with Crippen molar-refractivity contribution in [2.75, 3.05) is 13.1 Å². The van der Waals surface area contributed by atoms with E-state index in [1.807, 2.05) is 51.1 Å². The van der Waals surface area contributed by atoms with Gasteiger partial charge in [-0.15, -0.1) is 6.58 Å². The van der Waals surface area contributed by atoms with Crippen molar-refractivity contribution in [1.29, 1.82) is 0 Å². The lowest BCUT2D eigenvalue weighted by molar-refractivity contribution is -0.148. The van der Waals surface area contributed by atoms with Gasteiger partial charge in [0.25, 0.3) is 5.91 Å². The van der Waals surface area contributed by atoms with E-state index in [2.05, 4.69) is 27.8 Å². The van der Waals surface area contributed by atoms with E-state index >= 15 is 0 Å². The van der Waals surface area contributed by atoms with Gasteiger partial charge in [0.2, 0.25) is 17.6 Å². The second kappa shape index (κ2) is 18.4. The molecule has 48 heavy (non-hydrogen) atoms. The second-order valence-corrected chi connectivity index (χ2v) is 14.2. The molecule has 0 spiro atoms. The van der Waals surface area contributed by atoms with Crippen LogP contribution in [0.15, 0.2) is 43.0 Å². The topological polar surface area (TPSA) is 163 Å². The first-order valence-electron chi connectivity index (χ1n) is 16.8. The van der Waals surface area contributed by atoms with E-state index < -0.39 is 65.1 Å². The molecule has 1 heterocycles. The molecule has 0 radical (unpaired) electrons.